The van der Waals surface area contributed by atoms with Gasteiger partial charge < -0.3 is 24.8 Å². The zero-order chi connectivity index (χ0) is 25.5. The number of hydrogen-bond acceptors (Lipinski definition) is 7. The van der Waals surface area contributed by atoms with E-state index in [0.29, 0.717) is 12.0 Å². The highest BCUT2D eigenvalue weighted by Crippen LogP contribution is 2.41. The van der Waals surface area contributed by atoms with Crippen LogP contribution in [0.15, 0.2) is 60.9 Å². The number of ether oxygens (including phenoxy) is 1. The predicted octanol–water partition coefficient (Wildman–Crippen LogP) is 4.53. The molecular weight excluding hydrogens is 474 g/mol. The van der Waals surface area contributed by atoms with Crippen LogP contribution in [0.1, 0.15) is 18.9 Å². The maximum Gasteiger partial charge on any atom is 0.227 e. The molecule has 0 unspecified atom stereocenters. The molecule has 0 atom stereocenters. The lowest BCUT2D eigenvalue weighted by Gasteiger charge is -2.39. The summed E-state index contributed by atoms with van der Waals surface area (Å²) < 4.78 is 8.20. The Balaban J connectivity index is 1.09. The topological polar surface area (TPSA) is 70.5 Å². The third-order valence-corrected chi connectivity index (χ3v) is 8.16. The zero-order valence-corrected chi connectivity index (χ0v) is 21.9. The van der Waals surface area contributed by atoms with Gasteiger partial charge >= 0.3 is 0 Å². The second kappa shape index (κ2) is 9.93. The Bertz CT molecular complexity index is 1430. The van der Waals surface area contributed by atoms with Crippen LogP contribution in [-0.2, 0) is 0 Å². The van der Waals surface area contributed by atoms with Crippen molar-refractivity contribution in [3.05, 3.63) is 60.9 Å². The van der Waals surface area contributed by atoms with Gasteiger partial charge in [-0.25, -0.2) is 9.97 Å². The molecule has 38 heavy (non-hydrogen) atoms. The van der Waals surface area contributed by atoms with Crippen LogP contribution in [0, 0.1) is 5.92 Å². The Morgan fingerprint density at radius 3 is 2.63 bits per heavy atom. The average molecular weight is 510 g/mol. The van der Waals surface area contributed by atoms with E-state index in [2.05, 4.69) is 78.6 Å². The van der Waals surface area contributed by atoms with E-state index in [1.807, 2.05) is 12.3 Å². The van der Waals surface area contributed by atoms with Gasteiger partial charge in [-0.15, -0.1) is 0 Å². The molecule has 196 valence electrons. The highest BCUT2D eigenvalue weighted by molar-refractivity contribution is 5.95. The molecule has 4 aromatic rings. The summed E-state index contributed by atoms with van der Waals surface area (Å²) in [7, 11) is 1.72. The van der Waals surface area contributed by atoms with Crippen LogP contribution >= 0.6 is 0 Å². The van der Waals surface area contributed by atoms with Gasteiger partial charge in [-0.1, -0.05) is 18.2 Å². The molecule has 8 nitrogen and oxygen atoms in total. The number of fused-ring (bicyclic) bond motifs is 1. The van der Waals surface area contributed by atoms with Crippen molar-refractivity contribution in [1.82, 2.24) is 24.8 Å². The lowest BCUT2D eigenvalue weighted by Crippen LogP contribution is -2.53. The molecule has 0 radical (unpaired) electrons. The largest absolute Gasteiger partial charge is 0.494 e. The van der Waals surface area contributed by atoms with Gasteiger partial charge in [0.1, 0.15) is 5.75 Å². The molecule has 1 saturated carbocycles. The van der Waals surface area contributed by atoms with Crippen molar-refractivity contribution in [3.8, 4) is 17.0 Å². The molecule has 2 aromatic carbocycles. The summed E-state index contributed by atoms with van der Waals surface area (Å²) in [6, 6.07) is 17.6. The monoisotopic (exact) mass is 509 g/mol. The van der Waals surface area contributed by atoms with Crippen LogP contribution < -0.4 is 20.3 Å². The Morgan fingerprint density at radius 1 is 1.03 bits per heavy atom. The molecule has 3 aliphatic rings. The molecule has 1 aliphatic carbocycles. The summed E-state index contributed by atoms with van der Waals surface area (Å²) in [5, 5.41) is 8.02. The van der Waals surface area contributed by atoms with Gasteiger partial charge in [0.15, 0.2) is 0 Å². The fraction of sp³-hybridized carbons (Fsp3) is 0.400. The molecule has 2 N–H and O–H groups in total. The summed E-state index contributed by atoms with van der Waals surface area (Å²) in [4.78, 5) is 14.5. The molecular formula is C30H35N7O. The van der Waals surface area contributed by atoms with Crippen molar-refractivity contribution >= 4 is 28.2 Å². The van der Waals surface area contributed by atoms with E-state index in [1.165, 1.54) is 49.1 Å². The van der Waals surface area contributed by atoms with Crippen LogP contribution in [0.4, 0.5) is 17.3 Å². The molecule has 0 amide bonds. The first kappa shape index (κ1) is 23.5. The quantitative estimate of drug-likeness (QED) is 0.362. The van der Waals surface area contributed by atoms with Crippen molar-refractivity contribution in [2.75, 3.05) is 63.1 Å². The third kappa shape index (κ3) is 4.59. The van der Waals surface area contributed by atoms with Crippen molar-refractivity contribution in [1.29, 1.82) is 0 Å². The Kier molecular flexibility index (Phi) is 6.14. The van der Waals surface area contributed by atoms with Crippen LogP contribution in [-0.4, -0.2) is 72.4 Å². The summed E-state index contributed by atoms with van der Waals surface area (Å²) in [5.41, 5.74) is 5.40. The first-order chi connectivity index (χ1) is 18.7. The number of hydrogen-bond donors (Lipinski definition) is 2. The van der Waals surface area contributed by atoms with Gasteiger partial charge in [0, 0.05) is 92.5 Å². The lowest BCUT2D eigenvalue weighted by molar-refractivity contribution is 0.184. The number of nitrogens with one attached hydrogen (secondary N) is 2. The Labute approximate surface area is 223 Å². The highest BCUT2D eigenvalue weighted by atomic mass is 16.5. The van der Waals surface area contributed by atoms with Crippen LogP contribution in [0.2, 0.25) is 0 Å². The minimum Gasteiger partial charge on any atom is -0.494 e. The molecule has 2 aliphatic heterocycles. The van der Waals surface area contributed by atoms with E-state index in [4.69, 9.17) is 9.72 Å². The minimum absolute atomic E-state index is 0.566. The molecule has 4 heterocycles. The molecule has 3 fully saturated rings. The second-order valence-electron chi connectivity index (χ2n) is 10.8. The van der Waals surface area contributed by atoms with Gasteiger partial charge in [0.25, 0.3) is 0 Å². The number of anilines is 3. The van der Waals surface area contributed by atoms with Crippen molar-refractivity contribution < 1.29 is 4.74 Å². The fourth-order valence-electron chi connectivity index (χ4n) is 5.76. The van der Waals surface area contributed by atoms with Crippen LogP contribution in [0.3, 0.4) is 0 Å². The Morgan fingerprint density at radius 2 is 1.87 bits per heavy atom. The molecule has 2 aromatic heterocycles. The van der Waals surface area contributed by atoms with Crippen LogP contribution in [0.5, 0.6) is 5.75 Å². The SMILES string of the molecule is COc1cc(N2CCN(CC3CNC3)CC2)ccc1Nc1nccc(-c2cn(C3CC3)c3ccccc23)n1. The van der Waals surface area contributed by atoms with Crippen LogP contribution in [0.25, 0.3) is 22.2 Å². The number of nitrogens with zero attached hydrogens (tertiary/aromatic N) is 5. The van der Waals surface area contributed by atoms with E-state index < -0.39 is 0 Å². The van der Waals surface area contributed by atoms with Crippen molar-refractivity contribution in [2.45, 2.75) is 18.9 Å². The maximum atomic E-state index is 5.79. The standard InChI is InChI=1S/C30H35N7O/c1-38-29-16-23(36-14-12-35(13-15-36)19-21-17-31-18-21)8-9-27(29)34-30-32-11-10-26(33-30)25-20-37(22-6-7-22)28-5-3-2-4-24(25)28/h2-5,8-11,16,20-22,31H,6-7,12-15,17-19H2,1H3,(H,32,33,34). The molecule has 2 saturated heterocycles. The summed E-state index contributed by atoms with van der Waals surface area (Å²) in [6.45, 7) is 7.84. The molecule has 8 heteroatoms. The second-order valence-corrected chi connectivity index (χ2v) is 10.8. The first-order valence-electron chi connectivity index (χ1n) is 13.8. The number of methoxy groups -OCH3 is 1. The van der Waals surface area contributed by atoms with Gasteiger partial charge in [0.2, 0.25) is 5.95 Å². The van der Waals surface area contributed by atoms with E-state index in [0.717, 1.165) is 54.8 Å². The minimum atomic E-state index is 0.566. The molecule has 7 rings (SSSR count). The van der Waals surface area contributed by atoms with E-state index in [1.54, 1.807) is 7.11 Å². The highest BCUT2D eigenvalue weighted by Gasteiger charge is 2.26. The number of piperazine rings is 1. The van der Waals surface area contributed by atoms with Gasteiger partial charge in [-0.3, -0.25) is 4.90 Å². The van der Waals surface area contributed by atoms with E-state index >= 15 is 0 Å². The normalized spacial score (nSPS) is 18.5. The zero-order valence-electron chi connectivity index (χ0n) is 21.9. The predicted molar refractivity (Wildman–Crippen MR) is 153 cm³/mol. The van der Waals surface area contributed by atoms with Crippen molar-refractivity contribution in [3.63, 3.8) is 0 Å². The maximum absolute atomic E-state index is 5.79. The average Bonchev–Trinajstić information content (AvgIpc) is 3.71. The van der Waals surface area contributed by atoms with E-state index in [9.17, 15) is 0 Å². The number of rotatable bonds is 8. The van der Waals surface area contributed by atoms with Gasteiger partial charge in [0.05, 0.1) is 18.5 Å². The lowest BCUT2D eigenvalue weighted by atomic mass is 10.0. The Hall–Kier alpha value is -3.62. The smallest absolute Gasteiger partial charge is 0.227 e. The van der Waals surface area contributed by atoms with Crippen molar-refractivity contribution in [2.24, 2.45) is 5.92 Å². The number of aromatic nitrogens is 3. The number of benzene rings is 2. The molecule has 0 spiro atoms. The number of para-hydroxylation sites is 1. The fourth-order valence-corrected chi connectivity index (χ4v) is 5.76. The summed E-state index contributed by atoms with van der Waals surface area (Å²) in [6.07, 6.45) is 6.58. The third-order valence-electron chi connectivity index (χ3n) is 8.16. The van der Waals surface area contributed by atoms with E-state index in [-0.39, 0.29) is 0 Å². The first-order valence-corrected chi connectivity index (χ1v) is 13.8. The van der Waals surface area contributed by atoms with Gasteiger partial charge in [-0.2, -0.15) is 0 Å². The summed E-state index contributed by atoms with van der Waals surface area (Å²) in [5.74, 6) is 2.19. The molecule has 0 bridgehead atoms. The summed E-state index contributed by atoms with van der Waals surface area (Å²) >= 11 is 0. The van der Waals surface area contributed by atoms with Gasteiger partial charge in [-0.05, 0) is 43.0 Å².